The van der Waals surface area contributed by atoms with Crippen LogP contribution in [0.25, 0.3) is 6.08 Å². The Bertz CT molecular complexity index is 983. The van der Waals surface area contributed by atoms with Crippen molar-refractivity contribution in [3.63, 3.8) is 0 Å². The zero-order valence-corrected chi connectivity index (χ0v) is 17.6. The minimum Gasteiger partial charge on any atom is -0.375 e. The Labute approximate surface area is 179 Å². The Morgan fingerprint density at radius 1 is 1.14 bits per heavy atom. The van der Waals surface area contributed by atoms with E-state index in [2.05, 4.69) is 26.6 Å². The van der Waals surface area contributed by atoms with E-state index in [-0.39, 0.29) is 36.0 Å². The number of para-hydroxylation sites is 1. The fraction of sp³-hybridized carbons (Fsp3) is 0.150. The van der Waals surface area contributed by atoms with Gasteiger partial charge in [-0.25, -0.2) is 4.39 Å². The average Bonchev–Trinajstić information content (AvgIpc) is 2.96. The predicted octanol–water partition coefficient (Wildman–Crippen LogP) is 3.85. The number of rotatable bonds is 7. The number of carbonyl (C=O) groups excluding carboxylic acids is 3. The second-order valence-electron chi connectivity index (χ2n) is 6.04. The lowest BCUT2D eigenvalue weighted by atomic mass is 10.2. The van der Waals surface area contributed by atoms with Crippen molar-refractivity contribution in [2.45, 2.75) is 0 Å². The van der Waals surface area contributed by atoms with Gasteiger partial charge in [-0.2, -0.15) is 0 Å². The van der Waals surface area contributed by atoms with E-state index in [0.29, 0.717) is 0 Å². The number of nitrogens with zero attached hydrogens (tertiary/aromatic N) is 1. The van der Waals surface area contributed by atoms with E-state index in [4.69, 9.17) is 0 Å². The molecule has 0 aliphatic carbocycles. The summed E-state index contributed by atoms with van der Waals surface area (Å²) in [5.41, 5.74) is 1.02. The Balaban J connectivity index is 1.50. The third kappa shape index (κ3) is 5.45. The van der Waals surface area contributed by atoms with Crippen molar-refractivity contribution in [2.75, 3.05) is 25.0 Å². The van der Waals surface area contributed by atoms with Crippen molar-refractivity contribution in [3.05, 3.63) is 69.3 Å². The van der Waals surface area contributed by atoms with Gasteiger partial charge in [-0.05, 0) is 52.0 Å². The smallest absolute Gasteiger partial charge is 0.293 e. The van der Waals surface area contributed by atoms with Gasteiger partial charge in [0.2, 0.25) is 5.91 Å². The van der Waals surface area contributed by atoms with Crippen LogP contribution in [0, 0.1) is 5.82 Å². The lowest BCUT2D eigenvalue weighted by Gasteiger charge is -2.13. The molecular weight excluding hydrogens is 461 g/mol. The second-order valence-corrected chi connectivity index (χ2v) is 7.89. The highest BCUT2D eigenvalue weighted by atomic mass is 79.9. The van der Waals surface area contributed by atoms with Crippen LogP contribution in [0.15, 0.2) is 57.9 Å². The normalized spacial score (nSPS) is 15.1. The highest BCUT2D eigenvalue weighted by Gasteiger charge is 2.34. The maximum absolute atomic E-state index is 13.8. The molecule has 1 saturated heterocycles. The van der Waals surface area contributed by atoms with Gasteiger partial charge in [0.25, 0.3) is 11.1 Å². The van der Waals surface area contributed by atoms with E-state index in [1.165, 1.54) is 18.2 Å². The molecule has 2 N–H and O–H groups in total. The van der Waals surface area contributed by atoms with Crippen molar-refractivity contribution >= 4 is 56.5 Å². The molecule has 0 saturated carbocycles. The Morgan fingerprint density at radius 2 is 1.86 bits per heavy atom. The fourth-order valence-electron chi connectivity index (χ4n) is 2.58. The lowest BCUT2D eigenvalue weighted by molar-refractivity contribution is -0.123. The third-order valence-corrected chi connectivity index (χ3v) is 5.64. The highest BCUT2D eigenvalue weighted by Crippen LogP contribution is 2.32. The molecule has 6 nitrogen and oxygen atoms in total. The van der Waals surface area contributed by atoms with E-state index in [9.17, 15) is 18.8 Å². The minimum atomic E-state index is -0.496. The number of nitrogens with one attached hydrogen (secondary N) is 2. The molecule has 1 aliphatic heterocycles. The molecule has 3 rings (SSSR count). The van der Waals surface area contributed by atoms with Crippen molar-refractivity contribution < 1.29 is 18.8 Å². The van der Waals surface area contributed by atoms with Crippen LogP contribution in [-0.2, 0) is 9.59 Å². The van der Waals surface area contributed by atoms with Crippen LogP contribution in [0.5, 0.6) is 0 Å². The van der Waals surface area contributed by atoms with Crippen LogP contribution in [-0.4, -0.2) is 41.6 Å². The van der Waals surface area contributed by atoms with Crippen LogP contribution >= 0.6 is 27.7 Å². The molecule has 29 heavy (non-hydrogen) atoms. The van der Waals surface area contributed by atoms with Gasteiger partial charge >= 0.3 is 0 Å². The molecule has 3 amide bonds. The summed E-state index contributed by atoms with van der Waals surface area (Å²) in [6, 6.07) is 13.4. The second kappa shape index (κ2) is 9.71. The summed E-state index contributed by atoms with van der Waals surface area (Å²) in [7, 11) is 0. The Morgan fingerprint density at radius 3 is 2.62 bits per heavy atom. The largest absolute Gasteiger partial charge is 0.375 e. The summed E-state index contributed by atoms with van der Waals surface area (Å²) >= 11 is 4.14. The quantitative estimate of drug-likeness (QED) is 0.592. The molecule has 2 aromatic rings. The molecule has 0 unspecified atom stereocenters. The number of amides is 3. The predicted molar refractivity (Wildman–Crippen MR) is 115 cm³/mol. The molecule has 0 spiro atoms. The third-order valence-electron chi connectivity index (χ3n) is 4.04. The average molecular weight is 478 g/mol. The molecular formula is C20H17BrFN3O3S. The first-order chi connectivity index (χ1) is 14.0. The molecule has 0 atom stereocenters. The van der Waals surface area contributed by atoms with Crippen LogP contribution in [0.3, 0.4) is 0 Å². The van der Waals surface area contributed by atoms with E-state index < -0.39 is 17.0 Å². The van der Waals surface area contributed by atoms with E-state index in [1.54, 1.807) is 12.1 Å². The van der Waals surface area contributed by atoms with E-state index in [1.807, 2.05) is 24.3 Å². The molecule has 0 aromatic heterocycles. The number of imide groups is 1. The number of anilines is 1. The zero-order valence-electron chi connectivity index (χ0n) is 15.2. The molecule has 150 valence electrons. The summed E-state index contributed by atoms with van der Waals surface area (Å²) < 4.78 is 14.6. The first-order valence-corrected chi connectivity index (χ1v) is 10.3. The number of benzene rings is 2. The summed E-state index contributed by atoms with van der Waals surface area (Å²) in [5.74, 6) is -1.23. The first kappa shape index (κ1) is 21.1. The summed E-state index contributed by atoms with van der Waals surface area (Å²) in [4.78, 5) is 37.7. The van der Waals surface area contributed by atoms with Gasteiger partial charge < -0.3 is 10.6 Å². The van der Waals surface area contributed by atoms with Crippen molar-refractivity contribution in [3.8, 4) is 0 Å². The summed E-state index contributed by atoms with van der Waals surface area (Å²) in [6.45, 7) is 0.221. The maximum atomic E-state index is 13.8. The van der Waals surface area contributed by atoms with Gasteiger partial charge in [-0.1, -0.05) is 30.3 Å². The standard InChI is InChI=1S/C20H17BrFN3O3S/c21-14-6-2-4-8-16(14)24-12-18(26)23-9-10-25-19(27)17(29-20(25)28)11-13-5-1-3-7-15(13)22/h1-8,11,24H,9-10,12H2,(H,23,26). The van der Waals surface area contributed by atoms with Crippen LogP contribution in [0.4, 0.5) is 14.9 Å². The van der Waals surface area contributed by atoms with E-state index >= 15 is 0 Å². The topological polar surface area (TPSA) is 78.5 Å². The maximum Gasteiger partial charge on any atom is 0.293 e. The number of thioether (sulfide) groups is 1. The first-order valence-electron chi connectivity index (χ1n) is 8.70. The number of halogens is 2. The van der Waals surface area contributed by atoms with Gasteiger partial charge in [0.15, 0.2) is 0 Å². The van der Waals surface area contributed by atoms with Gasteiger partial charge in [0.05, 0.1) is 11.4 Å². The summed E-state index contributed by atoms with van der Waals surface area (Å²) in [6.07, 6.45) is 1.36. The van der Waals surface area contributed by atoms with Crippen molar-refractivity contribution in [2.24, 2.45) is 0 Å². The Hall–Kier alpha value is -2.65. The minimum absolute atomic E-state index is 0.0417. The molecule has 2 aromatic carbocycles. The highest BCUT2D eigenvalue weighted by molar-refractivity contribution is 9.10. The van der Waals surface area contributed by atoms with Crippen molar-refractivity contribution in [1.82, 2.24) is 10.2 Å². The number of hydrogen-bond acceptors (Lipinski definition) is 5. The molecule has 1 fully saturated rings. The van der Waals surface area contributed by atoms with Crippen LogP contribution in [0.2, 0.25) is 0 Å². The SMILES string of the molecule is O=C(CNc1ccccc1Br)NCCN1C(=O)SC(=Cc2ccccc2F)C1=O. The Kier molecular flexibility index (Phi) is 7.05. The molecule has 0 radical (unpaired) electrons. The number of carbonyl (C=O) groups is 3. The molecule has 1 aliphatic rings. The molecule has 1 heterocycles. The van der Waals surface area contributed by atoms with Gasteiger partial charge in [-0.3, -0.25) is 19.3 Å². The van der Waals surface area contributed by atoms with Crippen molar-refractivity contribution in [1.29, 1.82) is 0 Å². The fourth-order valence-corrected chi connectivity index (χ4v) is 3.86. The molecule has 9 heteroatoms. The zero-order chi connectivity index (χ0) is 20.8. The molecule has 0 bridgehead atoms. The van der Waals surface area contributed by atoms with Gasteiger partial charge in [0.1, 0.15) is 5.82 Å². The number of hydrogen-bond donors (Lipinski definition) is 2. The van der Waals surface area contributed by atoms with Gasteiger partial charge in [0, 0.05) is 28.8 Å². The lowest BCUT2D eigenvalue weighted by Crippen LogP contribution is -2.39. The van der Waals surface area contributed by atoms with Gasteiger partial charge in [-0.15, -0.1) is 0 Å². The van der Waals surface area contributed by atoms with Crippen LogP contribution < -0.4 is 10.6 Å². The monoisotopic (exact) mass is 477 g/mol. The van der Waals surface area contributed by atoms with E-state index in [0.717, 1.165) is 26.8 Å². The summed E-state index contributed by atoms with van der Waals surface area (Å²) in [5, 5.41) is 5.21. The van der Waals surface area contributed by atoms with Crippen LogP contribution in [0.1, 0.15) is 5.56 Å².